The molecule has 0 radical (unpaired) electrons. The van der Waals surface area contributed by atoms with Crippen LogP contribution in [0.3, 0.4) is 0 Å². The highest BCUT2D eigenvalue weighted by molar-refractivity contribution is 6.30. The molecule has 0 saturated carbocycles. The topological polar surface area (TPSA) is 495 Å². The fraction of sp³-hybridized carbons (Fsp3) is 0.440. The summed E-state index contributed by atoms with van der Waals surface area (Å²) in [4.78, 5) is 174. The van der Waals surface area contributed by atoms with Crippen LogP contribution in [0.2, 0.25) is 5.02 Å². The molecule has 0 unspecified atom stereocenters. The molecule has 0 aliphatic carbocycles. The second kappa shape index (κ2) is 45.8. The summed E-state index contributed by atoms with van der Waals surface area (Å²) >= 11 is 6.27. The maximum absolute atomic E-state index is 15.6. The Morgan fingerprint density at radius 3 is 1.50 bits per heavy atom. The highest BCUT2D eigenvalue weighted by Gasteiger charge is 2.41. The number of hydrogen-bond donors (Lipinski definition) is 16. The summed E-state index contributed by atoms with van der Waals surface area (Å²) in [5.41, 5.74) is 22.0. The third-order valence-corrected chi connectivity index (χ3v) is 20.5. The molecular weight excluding hydrogens is 1520 g/mol. The van der Waals surface area contributed by atoms with Crippen molar-refractivity contribution >= 4 is 99.3 Å². The molecular formula is C84H109ClN16O16. The number of morpholine rings is 1. The van der Waals surface area contributed by atoms with Gasteiger partial charge in [0.2, 0.25) is 59.1 Å². The maximum Gasteiger partial charge on any atom is 0.304 e. The van der Waals surface area contributed by atoms with Gasteiger partial charge in [-0.2, -0.15) is 0 Å². The molecule has 117 heavy (non-hydrogen) atoms. The minimum Gasteiger partial charge on any atom is -0.481 e. The van der Waals surface area contributed by atoms with E-state index in [0.717, 1.165) is 21.9 Å². The third-order valence-electron chi connectivity index (χ3n) is 20.3. The second-order valence-corrected chi connectivity index (χ2v) is 30.5. The van der Waals surface area contributed by atoms with Gasteiger partial charge in [0.25, 0.3) is 0 Å². The van der Waals surface area contributed by atoms with Crippen LogP contribution in [0.15, 0.2) is 146 Å². The molecule has 2 aliphatic rings. The number of fused-ring (bicyclic) bond motifs is 1. The van der Waals surface area contributed by atoms with Crippen LogP contribution in [0.5, 0.6) is 0 Å². The summed E-state index contributed by atoms with van der Waals surface area (Å²) < 4.78 is 5.56. The molecule has 10 atom stereocenters. The van der Waals surface area contributed by atoms with Crippen molar-refractivity contribution in [2.24, 2.45) is 23.1 Å². The van der Waals surface area contributed by atoms with E-state index in [0.29, 0.717) is 72.1 Å². The first kappa shape index (κ1) is 91.1. The molecule has 19 N–H and O–H groups in total. The standard InChI is InChI=1S/C84H109ClN16O16/c1-51(2)41-65(76(109)92-64(15-9-33-90-84(88)89)83(116)101-34-10-16-71(101)82(115)91-52(3)74(87)107)94-78(111)68(45-54-17-21-57(22-18-54)48-99(35-31-72(103)104)36-32-73(105)106)96-79(112)69(46-55-19-23-58(24-20-55)49-100-37-39-117-40-38-100)97-81(114)70(50-102)98-80(113)67(44-53-11-5-4-6-12-53)95-77(110)66(47-56-26-29-62(85)30-27-56)93-75(108)63(86)43-59-25-28-60-13-7-8-14-61(60)42-59/h4-8,11-14,17-30,42,51-52,63-71,102H,9-10,15-16,31-41,43-50,86H2,1-3H3,(H2,87,107)(H,91,115)(H,92,109)(H,93,108)(H,94,111)(H,95,110)(H,96,112)(H,97,114)(H,98,113)(H,103,104)(H,105,106)(H4,88,89,90)/t52-,63-,64+,65+,66-,67-,68-,69+,70+,71+/m1/s1. The number of aliphatic hydroxyl groups excluding tert-OH is 1. The predicted molar refractivity (Wildman–Crippen MR) is 438 cm³/mol. The number of carboxylic acids is 2. The highest BCUT2D eigenvalue weighted by Crippen LogP contribution is 2.23. The molecule has 2 heterocycles. The fourth-order valence-electron chi connectivity index (χ4n) is 13.8. The molecule has 8 rings (SSSR count). The van der Waals surface area contributed by atoms with Gasteiger partial charge in [-0.1, -0.05) is 159 Å². The van der Waals surface area contributed by atoms with Crippen LogP contribution in [0.1, 0.15) is 105 Å². The number of rotatable bonds is 45. The average molecular weight is 1630 g/mol. The third kappa shape index (κ3) is 30.0. The van der Waals surface area contributed by atoms with Crippen LogP contribution in [0.4, 0.5) is 0 Å². The van der Waals surface area contributed by atoms with Crippen molar-refractivity contribution in [2.75, 3.05) is 59.1 Å². The Morgan fingerprint density at radius 2 is 0.983 bits per heavy atom. The second-order valence-electron chi connectivity index (χ2n) is 30.1. The van der Waals surface area contributed by atoms with Gasteiger partial charge in [0.05, 0.1) is 38.7 Å². The van der Waals surface area contributed by atoms with E-state index >= 15 is 14.4 Å². The molecule has 0 bridgehead atoms. The molecule has 6 aromatic rings. The summed E-state index contributed by atoms with van der Waals surface area (Å²) in [5, 5.41) is 64.8. The molecule has 33 heteroatoms. The number of likely N-dealkylation sites (tertiary alicyclic amines) is 1. The SMILES string of the molecule is CC(C)C[C@H](NC(=O)[C@@H](Cc1ccc(CN(CCC(=O)O)CCC(=O)O)cc1)NC(=O)[C@H](Cc1ccc(CN2CCOCC2)cc1)NC(=O)[C@H](CO)NC(=O)[C@@H](Cc1ccccc1)NC(=O)[C@@H](Cc1ccc(Cl)cc1)NC(=O)[C@H](N)Cc1ccc2ccccc2c1)C(=O)N[C@@H](CCCNC(=N)N)C(=O)N1CCC[C@H]1C(=O)N[C@H](C)C(N)=O. The summed E-state index contributed by atoms with van der Waals surface area (Å²) in [7, 11) is 0. The minimum atomic E-state index is -1.83. The predicted octanol–water partition coefficient (Wildman–Crippen LogP) is 1.59. The minimum absolute atomic E-state index is 0.0261. The van der Waals surface area contributed by atoms with E-state index < -0.39 is 138 Å². The average Bonchev–Trinajstić information content (AvgIpc) is 1.73. The van der Waals surface area contributed by atoms with Crippen molar-refractivity contribution in [2.45, 2.75) is 171 Å². The van der Waals surface area contributed by atoms with Gasteiger partial charge < -0.3 is 90.0 Å². The molecule has 32 nitrogen and oxygen atoms in total. The summed E-state index contributed by atoms with van der Waals surface area (Å²) in [6.07, 6.45) is -0.549. The lowest BCUT2D eigenvalue weighted by Gasteiger charge is -2.31. The number of halogens is 1. The van der Waals surface area contributed by atoms with Crippen LogP contribution >= 0.6 is 11.6 Å². The van der Waals surface area contributed by atoms with Crippen molar-refractivity contribution in [3.05, 3.63) is 190 Å². The molecule has 10 amide bonds. The van der Waals surface area contributed by atoms with Crippen LogP contribution in [-0.2, 0) is 107 Å². The van der Waals surface area contributed by atoms with E-state index in [2.05, 4.69) is 52.8 Å². The largest absolute Gasteiger partial charge is 0.481 e. The number of carbonyl (C=O) groups is 12. The Kier molecular flexibility index (Phi) is 35.6. The van der Waals surface area contributed by atoms with E-state index in [1.807, 2.05) is 54.6 Å². The van der Waals surface area contributed by atoms with Gasteiger partial charge >= 0.3 is 11.9 Å². The monoisotopic (exact) mass is 1630 g/mol. The number of amides is 10. The number of primary amides is 1. The molecule has 0 spiro atoms. The molecule has 2 fully saturated rings. The zero-order valence-electron chi connectivity index (χ0n) is 66.1. The Balaban J connectivity index is 1.10. The van der Waals surface area contributed by atoms with E-state index in [-0.39, 0.29) is 115 Å². The van der Waals surface area contributed by atoms with Gasteiger partial charge in [0.1, 0.15) is 54.4 Å². The van der Waals surface area contributed by atoms with Crippen molar-refractivity contribution in [1.82, 2.24) is 62.6 Å². The van der Waals surface area contributed by atoms with Crippen LogP contribution in [-0.4, -0.2) is 226 Å². The van der Waals surface area contributed by atoms with Crippen molar-refractivity contribution in [3.63, 3.8) is 0 Å². The Morgan fingerprint density at radius 1 is 0.530 bits per heavy atom. The number of hydrogen-bond acceptors (Lipinski definition) is 18. The van der Waals surface area contributed by atoms with Gasteiger partial charge in [0.15, 0.2) is 5.96 Å². The van der Waals surface area contributed by atoms with Crippen molar-refractivity contribution < 1.29 is 77.6 Å². The number of benzene rings is 6. The number of aliphatic hydroxyl groups is 1. The van der Waals surface area contributed by atoms with Gasteiger partial charge in [-0.25, -0.2) is 0 Å². The van der Waals surface area contributed by atoms with E-state index in [9.17, 15) is 58.5 Å². The van der Waals surface area contributed by atoms with Crippen molar-refractivity contribution in [3.8, 4) is 0 Å². The summed E-state index contributed by atoms with van der Waals surface area (Å²) in [5.74, 6) is -11.2. The Hall–Kier alpha value is -11.4. The van der Waals surface area contributed by atoms with Crippen molar-refractivity contribution in [1.29, 1.82) is 5.41 Å². The lowest BCUT2D eigenvalue weighted by Crippen LogP contribution is -2.61. The van der Waals surface area contributed by atoms with Crippen LogP contribution in [0, 0.1) is 11.3 Å². The fourth-order valence-corrected chi connectivity index (χ4v) is 13.9. The van der Waals surface area contributed by atoms with Gasteiger partial charge in [-0.05, 0) is 113 Å². The smallest absolute Gasteiger partial charge is 0.304 e. The highest BCUT2D eigenvalue weighted by atomic mass is 35.5. The summed E-state index contributed by atoms with van der Waals surface area (Å²) in [6, 6.07) is 28.6. The number of nitrogens with zero attached hydrogens (tertiary/aromatic N) is 3. The first-order valence-corrected chi connectivity index (χ1v) is 39.7. The number of carbonyl (C=O) groups excluding carboxylic acids is 10. The quantitative estimate of drug-likeness (QED) is 0.0147. The van der Waals surface area contributed by atoms with E-state index in [4.69, 9.17) is 38.9 Å². The van der Waals surface area contributed by atoms with Crippen LogP contribution in [0.25, 0.3) is 10.8 Å². The number of nitrogens with two attached hydrogens (primary N) is 3. The molecule has 2 saturated heterocycles. The molecule has 0 aromatic heterocycles. The lowest BCUT2D eigenvalue weighted by molar-refractivity contribution is -0.142. The van der Waals surface area contributed by atoms with E-state index in [1.54, 1.807) is 110 Å². The number of carboxylic acid groups (broad SMARTS) is 2. The molecule has 2 aliphatic heterocycles. The van der Waals surface area contributed by atoms with Gasteiger partial charge in [-0.3, -0.25) is 72.7 Å². The zero-order valence-corrected chi connectivity index (χ0v) is 66.8. The lowest BCUT2D eigenvalue weighted by atomic mass is 9.99. The molecule has 628 valence electrons. The number of guanidine groups is 1. The van der Waals surface area contributed by atoms with Gasteiger partial charge in [0, 0.05) is 83.1 Å². The first-order chi connectivity index (χ1) is 56.0. The Bertz CT molecular complexity index is 4370. The zero-order chi connectivity index (χ0) is 84.7. The maximum atomic E-state index is 15.6. The molecule has 6 aromatic carbocycles. The van der Waals surface area contributed by atoms with Crippen LogP contribution < -0.4 is 65.1 Å². The Labute approximate surface area is 684 Å². The summed E-state index contributed by atoms with van der Waals surface area (Å²) in [6.45, 7) is 7.36. The number of nitrogens with one attached hydrogen (secondary N) is 10. The number of ether oxygens (including phenoxy) is 1. The normalized spacial score (nSPS) is 15.8. The first-order valence-electron chi connectivity index (χ1n) is 39.3. The van der Waals surface area contributed by atoms with E-state index in [1.165, 1.54) is 11.8 Å². The number of aliphatic carboxylic acids is 2. The van der Waals surface area contributed by atoms with Gasteiger partial charge in [-0.15, -0.1) is 0 Å².